The van der Waals surface area contributed by atoms with Crippen molar-refractivity contribution in [1.82, 2.24) is 10.2 Å². The van der Waals surface area contributed by atoms with Crippen LogP contribution in [0.15, 0.2) is 0 Å². The Labute approximate surface area is 103 Å². The van der Waals surface area contributed by atoms with Crippen molar-refractivity contribution in [3.63, 3.8) is 0 Å². The molecule has 1 atom stereocenters. The number of carboxylic acids is 1. The third kappa shape index (κ3) is 8.54. The van der Waals surface area contributed by atoms with Gasteiger partial charge < -0.3 is 15.3 Å². The number of hydrogen-bond acceptors (Lipinski definition) is 2. The lowest BCUT2D eigenvalue weighted by Gasteiger charge is -2.27. The number of nitrogens with one attached hydrogen (secondary N) is 1. The summed E-state index contributed by atoms with van der Waals surface area (Å²) in [6.07, 6.45) is 0.0727. The van der Waals surface area contributed by atoms with Crippen LogP contribution in [-0.4, -0.2) is 42.1 Å². The molecule has 17 heavy (non-hydrogen) atoms. The third-order valence-corrected chi connectivity index (χ3v) is 2.18. The number of carbonyl (C=O) groups is 2. The van der Waals surface area contributed by atoms with Crippen LogP contribution in [0.1, 0.15) is 34.1 Å². The van der Waals surface area contributed by atoms with Gasteiger partial charge in [-0.25, -0.2) is 4.79 Å². The molecule has 0 aromatic heterocycles. The van der Waals surface area contributed by atoms with Crippen molar-refractivity contribution in [3.05, 3.63) is 0 Å². The highest BCUT2D eigenvalue weighted by molar-refractivity contribution is 5.74. The first-order chi connectivity index (χ1) is 7.61. The average molecular weight is 244 g/mol. The van der Waals surface area contributed by atoms with E-state index in [1.165, 1.54) is 0 Å². The molecule has 0 spiro atoms. The molecule has 0 saturated carbocycles. The third-order valence-electron chi connectivity index (χ3n) is 2.18. The summed E-state index contributed by atoms with van der Waals surface area (Å²) < 4.78 is 0. The highest BCUT2D eigenvalue weighted by atomic mass is 16.4. The van der Waals surface area contributed by atoms with E-state index in [2.05, 4.69) is 26.1 Å². The van der Waals surface area contributed by atoms with Crippen LogP contribution in [0.3, 0.4) is 0 Å². The molecule has 0 aromatic carbocycles. The number of hydrogen-bond donors (Lipinski definition) is 2. The number of carboxylic acid groups (broad SMARTS) is 1. The van der Waals surface area contributed by atoms with E-state index in [-0.39, 0.29) is 23.8 Å². The van der Waals surface area contributed by atoms with Crippen molar-refractivity contribution in [1.29, 1.82) is 0 Å². The Morgan fingerprint density at radius 3 is 2.29 bits per heavy atom. The topological polar surface area (TPSA) is 69.6 Å². The number of nitrogens with zero attached hydrogens (tertiary/aromatic N) is 1. The molecular weight excluding hydrogens is 220 g/mol. The van der Waals surface area contributed by atoms with Gasteiger partial charge in [0.1, 0.15) is 0 Å². The van der Waals surface area contributed by atoms with Crippen molar-refractivity contribution in [2.45, 2.75) is 34.1 Å². The second-order valence-electron chi connectivity index (χ2n) is 5.81. The molecule has 0 aliphatic carbocycles. The van der Waals surface area contributed by atoms with E-state index in [1.807, 2.05) is 0 Å². The van der Waals surface area contributed by atoms with Gasteiger partial charge in [-0.3, -0.25) is 4.79 Å². The number of aliphatic carboxylic acids is 1. The maximum absolute atomic E-state index is 11.7. The van der Waals surface area contributed by atoms with Gasteiger partial charge in [-0.1, -0.05) is 27.7 Å². The maximum atomic E-state index is 11.7. The molecule has 0 heterocycles. The van der Waals surface area contributed by atoms with Gasteiger partial charge in [0.25, 0.3) is 0 Å². The van der Waals surface area contributed by atoms with Crippen molar-refractivity contribution in [2.24, 2.45) is 11.3 Å². The standard InChI is InChI=1S/C12H24N2O3/c1-9(6-10(15)16)7-13-11(17)14(5)8-12(2,3)4/h9H,6-8H2,1-5H3,(H,13,17)(H,15,16). The van der Waals surface area contributed by atoms with Crippen LogP contribution in [0.25, 0.3) is 0 Å². The summed E-state index contributed by atoms with van der Waals surface area (Å²) in [5, 5.41) is 11.3. The van der Waals surface area contributed by atoms with E-state index in [4.69, 9.17) is 5.11 Å². The summed E-state index contributed by atoms with van der Waals surface area (Å²) >= 11 is 0. The zero-order chi connectivity index (χ0) is 13.6. The fourth-order valence-electron chi connectivity index (χ4n) is 1.55. The molecule has 0 aliphatic heterocycles. The van der Waals surface area contributed by atoms with Crippen molar-refractivity contribution in [2.75, 3.05) is 20.1 Å². The number of amides is 2. The molecule has 0 rings (SSSR count). The summed E-state index contributed by atoms with van der Waals surface area (Å²) in [5.41, 5.74) is 0.0543. The zero-order valence-corrected chi connectivity index (χ0v) is 11.4. The molecule has 2 amide bonds. The van der Waals surface area contributed by atoms with Crippen LogP contribution in [0.4, 0.5) is 4.79 Å². The average Bonchev–Trinajstić information content (AvgIpc) is 2.10. The first-order valence-electron chi connectivity index (χ1n) is 5.82. The first-order valence-corrected chi connectivity index (χ1v) is 5.82. The lowest BCUT2D eigenvalue weighted by molar-refractivity contribution is -0.137. The van der Waals surface area contributed by atoms with Gasteiger partial charge in [0.2, 0.25) is 0 Å². The molecule has 0 aromatic rings. The molecule has 1 unspecified atom stereocenters. The minimum atomic E-state index is -0.838. The molecule has 0 saturated heterocycles. The second kappa shape index (κ2) is 6.47. The van der Waals surface area contributed by atoms with Gasteiger partial charge in [0.15, 0.2) is 0 Å². The Kier molecular flexibility index (Phi) is 5.99. The summed E-state index contributed by atoms with van der Waals surface area (Å²) in [6, 6.07) is -0.155. The lowest BCUT2D eigenvalue weighted by Crippen LogP contribution is -2.42. The van der Waals surface area contributed by atoms with Gasteiger partial charge in [0.05, 0.1) is 0 Å². The fourth-order valence-corrected chi connectivity index (χ4v) is 1.55. The van der Waals surface area contributed by atoms with E-state index in [9.17, 15) is 9.59 Å². The van der Waals surface area contributed by atoms with Crippen LogP contribution in [-0.2, 0) is 4.79 Å². The summed E-state index contributed by atoms with van der Waals surface area (Å²) in [4.78, 5) is 23.7. The van der Waals surface area contributed by atoms with Crippen molar-refractivity contribution in [3.8, 4) is 0 Å². The lowest BCUT2D eigenvalue weighted by atomic mass is 9.96. The second-order valence-corrected chi connectivity index (χ2v) is 5.81. The molecule has 0 bridgehead atoms. The smallest absolute Gasteiger partial charge is 0.317 e. The molecule has 0 aliphatic rings. The molecule has 2 N–H and O–H groups in total. The quantitative estimate of drug-likeness (QED) is 0.774. The Hall–Kier alpha value is -1.26. The van der Waals surface area contributed by atoms with Gasteiger partial charge in [-0.2, -0.15) is 0 Å². The van der Waals surface area contributed by atoms with Crippen molar-refractivity contribution < 1.29 is 14.7 Å². The van der Waals surface area contributed by atoms with E-state index < -0.39 is 5.97 Å². The SMILES string of the molecule is CC(CNC(=O)N(C)CC(C)(C)C)CC(=O)O. The van der Waals surface area contributed by atoms with E-state index >= 15 is 0 Å². The minimum Gasteiger partial charge on any atom is -0.481 e. The van der Waals surface area contributed by atoms with Crippen LogP contribution in [0.2, 0.25) is 0 Å². The minimum absolute atomic E-state index is 0.0543. The number of rotatable bonds is 5. The monoisotopic (exact) mass is 244 g/mol. The predicted octanol–water partition coefficient (Wildman–Crippen LogP) is 1.78. The van der Waals surface area contributed by atoms with Gasteiger partial charge >= 0.3 is 12.0 Å². The van der Waals surface area contributed by atoms with Gasteiger partial charge in [-0.15, -0.1) is 0 Å². The van der Waals surface area contributed by atoms with Gasteiger partial charge in [0, 0.05) is 26.6 Å². The summed E-state index contributed by atoms with van der Waals surface area (Å²) in [5.74, 6) is -0.894. The van der Waals surface area contributed by atoms with Crippen LogP contribution >= 0.6 is 0 Å². The molecule has 5 heteroatoms. The zero-order valence-electron chi connectivity index (χ0n) is 11.4. The van der Waals surface area contributed by atoms with Crippen LogP contribution in [0.5, 0.6) is 0 Å². The summed E-state index contributed by atoms with van der Waals surface area (Å²) in [6.45, 7) is 9.03. The maximum Gasteiger partial charge on any atom is 0.317 e. The normalized spacial score (nSPS) is 13.0. The largest absolute Gasteiger partial charge is 0.481 e. The van der Waals surface area contributed by atoms with Crippen LogP contribution in [0, 0.1) is 11.3 Å². The molecule has 0 fully saturated rings. The van der Waals surface area contributed by atoms with E-state index in [0.717, 1.165) is 0 Å². The molecule has 0 radical (unpaired) electrons. The molecule has 100 valence electrons. The Morgan fingerprint density at radius 1 is 1.35 bits per heavy atom. The van der Waals surface area contributed by atoms with Crippen molar-refractivity contribution >= 4 is 12.0 Å². The van der Waals surface area contributed by atoms with Gasteiger partial charge in [-0.05, 0) is 11.3 Å². The highest BCUT2D eigenvalue weighted by Crippen LogP contribution is 2.14. The Balaban J connectivity index is 3.97. The molecular formula is C12H24N2O3. The Morgan fingerprint density at radius 2 is 1.88 bits per heavy atom. The van der Waals surface area contributed by atoms with E-state index in [1.54, 1.807) is 18.9 Å². The molecule has 5 nitrogen and oxygen atoms in total. The first kappa shape index (κ1) is 15.7. The number of urea groups is 1. The van der Waals surface area contributed by atoms with Crippen LogP contribution < -0.4 is 5.32 Å². The van der Waals surface area contributed by atoms with E-state index in [0.29, 0.717) is 13.1 Å². The number of carbonyl (C=O) groups excluding carboxylic acids is 1. The summed E-state index contributed by atoms with van der Waals surface area (Å²) in [7, 11) is 1.74. The highest BCUT2D eigenvalue weighted by Gasteiger charge is 2.18. The fraction of sp³-hybridized carbons (Fsp3) is 0.833. The Bertz CT molecular complexity index is 271. The predicted molar refractivity (Wildman–Crippen MR) is 66.9 cm³/mol.